The lowest BCUT2D eigenvalue weighted by molar-refractivity contribution is -0.130. The molecule has 2 aliphatic heterocycles. The maximum atomic E-state index is 13.2. The molecule has 5 rings (SSSR count). The lowest BCUT2D eigenvalue weighted by Gasteiger charge is -2.30. The van der Waals surface area contributed by atoms with E-state index in [9.17, 15) is 4.79 Å². The quantitative estimate of drug-likeness (QED) is 0.586. The molecule has 2 aliphatic rings. The Morgan fingerprint density at radius 2 is 1.86 bits per heavy atom. The number of hydrazone groups is 1. The van der Waals surface area contributed by atoms with Gasteiger partial charge in [0, 0.05) is 15.1 Å². The minimum atomic E-state index is -1.43. The first kappa shape index (κ1) is 17.3. The highest BCUT2D eigenvalue weighted by atomic mass is 79.9. The first-order valence-corrected chi connectivity index (χ1v) is 9.75. The first-order chi connectivity index (χ1) is 13.6. The third-order valence-corrected chi connectivity index (χ3v) is 5.44. The van der Waals surface area contributed by atoms with Gasteiger partial charge in [0.1, 0.15) is 0 Å². The molecule has 7 heteroatoms. The fourth-order valence-corrected chi connectivity index (χ4v) is 4.01. The van der Waals surface area contributed by atoms with Crippen LogP contribution < -0.4 is 10.3 Å². The summed E-state index contributed by atoms with van der Waals surface area (Å²) in [6, 6.07) is 22.3. The van der Waals surface area contributed by atoms with Gasteiger partial charge in [-0.15, -0.1) is 5.10 Å². The maximum absolute atomic E-state index is 13.2. The molecule has 0 saturated carbocycles. The summed E-state index contributed by atoms with van der Waals surface area (Å²) in [7, 11) is 0. The van der Waals surface area contributed by atoms with Gasteiger partial charge in [-0.1, -0.05) is 51.8 Å². The molecular weight excluding hydrogens is 442 g/mol. The van der Waals surface area contributed by atoms with Crippen molar-refractivity contribution in [2.75, 3.05) is 10.3 Å². The Hall–Kier alpha value is -2.83. The summed E-state index contributed by atoms with van der Waals surface area (Å²) in [6.07, 6.45) is 0. The Bertz CT molecular complexity index is 1140. The maximum Gasteiger partial charge on any atom is 0.311 e. The van der Waals surface area contributed by atoms with Crippen LogP contribution >= 0.6 is 27.5 Å². The average Bonchev–Trinajstić information content (AvgIpc) is 3.23. The van der Waals surface area contributed by atoms with E-state index in [1.165, 1.54) is 0 Å². The van der Waals surface area contributed by atoms with Crippen LogP contribution in [0.4, 0.5) is 11.4 Å². The van der Waals surface area contributed by atoms with E-state index >= 15 is 0 Å². The number of para-hydroxylation sites is 1. The fourth-order valence-electron chi connectivity index (χ4n) is 3.46. The van der Waals surface area contributed by atoms with Crippen molar-refractivity contribution in [3.8, 4) is 0 Å². The highest BCUT2D eigenvalue weighted by Gasteiger charge is 2.59. The number of carbonyl (C=O) groups excluding carboxylic acids is 1. The van der Waals surface area contributed by atoms with Crippen LogP contribution in [0.25, 0.3) is 0 Å². The van der Waals surface area contributed by atoms with E-state index in [-0.39, 0.29) is 5.91 Å². The third kappa shape index (κ3) is 2.52. The number of nitrogens with zero attached hydrogens (tertiary/aromatic N) is 2. The van der Waals surface area contributed by atoms with Gasteiger partial charge in [0.15, 0.2) is 0 Å². The zero-order valence-corrected chi connectivity index (χ0v) is 16.7. The molecular formula is C21H13BrClN3O2. The lowest BCUT2D eigenvalue weighted by atomic mass is 10.0. The number of carbonyl (C=O) groups is 1. The lowest BCUT2D eigenvalue weighted by Crippen LogP contribution is -2.47. The molecule has 1 atom stereocenters. The molecule has 0 aromatic heterocycles. The number of fused-ring (bicyclic) bond motifs is 2. The highest BCUT2D eigenvalue weighted by Crippen LogP contribution is 2.48. The monoisotopic (exact) mass is 453 g/mol. The summed E-state index contributed by atoms with van der Waals surface area (Å²) in [5.74, 6) is 0.0274. The SMILES string of the molecule is O=C1Nc2ccc(Br)cc2C12OC(c1cccc(Cl)c1)=NN2c1ccccc1. The van der Waals surface area contributed by atoms with Gasteiger partial charge >= 0.3 is 5.72 Å². The highest BCUT2D eigenvalue weighted by molar-refractivity contribution is 9.10. The van der Waals surface area contributed by atoms with Crippen molar-refractivity contribution in [3.63, 3.8) is 0 Å². The molecule has 0 saturated heterocycles. The number of hydrogen-bond donors (Lipinski definition) is 1. The molecule has 1 amide bonds. The van der Waals surface area contributed by atoms with Crippen LogP contribution in [-0.4, -0.2) is 11.8 Å². The van der Waals surface area contributed by atoms with Crippen LogP contribution in [0.3, 0.4) is 0 Å². The number of halogens is 2. The second-order valence-electron chi connectivity index (χ2n) is 6.45. The molecule has 3 aromatic carbocycles. The Balaban J connectivity index is 1.72. The van der Waals surface area contributed by atoms with Crippen LogP contribution in [0.15, 0.2) is 82.4 Å². The van der Waals surface area contributed by atoms with Crippen molar-refractivity contribution in [2.24, 2.45) is 5.10 Å². The van der Waals surface area contributed by atoms with Gasteiger partial charge in [-0.25, -0.2) is 5.01 Å². The summed E-state index contributed by atoms with van der Waals surface area (Å²) in [6.45, 7) is 0. The third-order valence-electron chi connectivity index (χ3n) is 4.71. The Morgan fingerprint density at radius 3 is 2.64 bits per heavy atom. The van der Waals surface area contributed by atoms with Crippen molar-refractivity contribution in [3.05, 3.63) is 93.4 Å². The van der Waals surface area contributed by atoms with Gasteiger partial charge in [0.05, 0.1) is 16.9 Å². The van der Waals surface area contributed by atoms with E-state index in [0.29, 0.717) is 27.7 Å². The van der Waals surface area contributed by atoms with Gasteiger partial charge in [-0.05, 0) is 48.5 Å². The standard InChI is InChI=1S/C21H13BrClN3O2/c22-14-9-10-18-17(12-14)21(20(27)24-18)26(16-7-2-1-3-8-16)25-19(28-21)13-5-4-6-15(23)11-13/h1-12H,(H,24,27). The van der Waals surface area contributed by atoms with E-state index in [1.54, 1.807) is 17.1 Å². The molecule has 3 aromatic rings. The molecule has 138 valence electrons. The molecule has 0 fully saturated rings. The molecule has 1 N–H and O–H groups in total. The second kappa shape index (κ2) is 6.36. The van der Waals surface area contributed by atoms with Crippen LogP contribution in [-0.2, 0) is 15.3 Å². The zero-order valence-electron chi connectivity index (χ0n) is 14.4. The van der Waals surface area contributed by atoms with Gasteiger partial charge in [-0.2, -0.15) is 0 Å². The minimum absolute atomic E-state index is 0.301. The van der Waals surface area contributed by atoms with Crippen LogP contribution in [0.1, 0.15) is 11.1 Å². The number of ether oxygens (including phenoxy) is 1. The Labute approximate surface area is 174 Å². The topological polar surface area (TPSA) is 53.9 Å². The molecule has 1 unspecified atom stereocenters. The van der Waals surface area contributed by atoms with Gasteiger partial charge < -0.3 is 10.1 Å². The largest absolute Gasteiger partial charge is 0.433 e. The molecule has 28 heavy (non-hydrogen) atoms. The number of rotatable bonds is 2. The molecule has 2 heterocycles. The van der Waals surface area contributed by atoms with Gasteiger partial charge in [0.25, 0.3) is 5.91 Å². The number of nitrogens with one attached hydrogen (secondary N) is 1. The summed E-state index contributed by atoms with van der Waals surface area (Å²) in [5, 5.41) is 9.78. The van der Waals surface area contributed by atoms with E-state index < -0.39 is 5.72 Å². The van der Waals surface area contributed by atoms with Gasteiger partial charge in [0.2, 0.25) is 5.90 Å². The predicted octanol–water partition coefficient (Wildman–Crippen LogP) is 5.11. The van der Waals surface area contributed by atoms with Crippen molar-refractivity contribution >= 4 is 50.7 Å². The Morgan fingerprint density at radius 1 is 1.04 bits per heavy atom. The zero-order chi connectivity index (χ0) is 19.3. The van der Waals surface area contributed by atoms with Crippen LogP contribution in [0.2, 0.25) is 5.02 Å². The summed E-state index contributed by atoms with van der Waals surface area (Å²) in [4.78, 5) is 13.2. The normalized spacial score (nSPS) is 20.0. The number of hydrogen-bond acceptors (Lipinski definition) is 4. The second-order valence-corrected chi connectivity index (χ2v) is 7.81. The average molecular weight is 455 g/mol. The van der Waals surface area contributed by atoms with E-state index in [2.05, 4.69) is 26.3 Å². The summed E-state index contributed by atoms with van der Waals surface area (Å²) >= 11 is 9.64. The van der Waals surface area contributed by atoms with E-state index in [0.717, 1.165) is 10.2 Å². The Kier molecular flexibility index (Phi) is 3.92. The van der Waals surface area contributed by atoms with E-state index in [4.69, 9.17) is 16.3 Å². The molecule has 1 spiro atoms. The summed E-state index contributed by atoms with van der Waals surface area (Å²) in [5.41, 5.74) is 1.38. The minimum Gasteiger partial charge on any atom is -0.433 e. The van der Waals surface area contributed by atoms with Crippen molar-refractivity contribution < 1.29 is 9.53 Å². The summed E-state index contributed by atoms with van der Waals surface area (Å²) < 4.78 is 7.14. The van der Waals surface area contributed by atoms with E-state index in [1.807, 2.05) is 60.7 Å². The molecule has 0 bridgehead atoms. The van der Waals surface area contributed by atoms with Gasteiger partial charge in [-0.3, -0.25) is 4.79 Å². The molecule has 5 nitrogen and oxygen atoms in total. The number of amides is 1. The fraction of sp³-hybridized carbons (Fsp3) is 0.0476. The van der Waals surface area contributed by atoms with Crippen molar-refractivity contribution in [1.82, 2.24) is 0 Å². The van der Waals surface area contributed by atoms with Crippen LogP contribution in [0.5, 0.6) is 0 Å². The van der Waals surface area contributed by atoms with Crippen LogP contribution in [0, 0.1) is 0 Å². The van der Waals surface area contributed by atoms with Crippen molar-refractivity contribution in [1.29, 1.82) is 0 Å². The smallest absolute Gasteiger partial charge is 0.311 e. The molecule has 0 aliphatic carbocycles. The predicted molar refractivity (Wildman–Crippen MR) is 112 cm³/mol. The number of benzene rings is 3. The van der Waals surface area contributed by atoms with Crippen molar-refractivity contribution in [2.45, 2.75) is 5.72 Å². The first-order valence-electron chi connectivity index (χ1n) is 8.58. The number of anilines is 2. The molecule has 0 radical (unpaired) electrons.